The molecule has 10 rings (SSSR count). The number of fused-ring (bicyclic) bond motifs is 6. The quantitative estimate of drug-likeness (QED) is 0.0196. The van der Waals surface area contributed by atoms with E-state index in [9.17, 15) is 46.1 Å². The van der Waals surface area contributed by atoms with Crippen LogP contribution in [-0.4, -0.2) is 48.2 Å². The first-order chi connectivity index (χ1) is 30.8. The van der Waals surface area contributed by atoms with Crippen molar-refractivity contribution in [3.63, 3.8) is 0 Å². The third-order valence-corrected chi connectivity index (χ3v) is 14.4. The molecule has 5 aromatic rings. The fourth-order valence-electron chi connectivity index (χ4n) is 10.1. The largest absolute Gasteiger partial charge is 0.478 e. The lowest BCUT2D eigenvalue weighted by Crippen LogP contribution is -2.45. The van der Waals surface area contributed by atoms with Crippen molar-refractivity contribution in [1.29, 1.82) is 0 Å². The summed E-state index contributed by atoms with van der Waals surface area (Å²) in [5, 5.41) is 12.5. The number of halogens is 5. The van der Waals surface area contributed by atoms with Crippen molar-refractivity contribution in [3.8, 4) is 17.2 Å². The number of carbonyl (C=O) groups excluding carboxylic acids is 1. The van der Waals surface area contributed by atoms with E-state index in [-0.39, 0.29) is 42.3 Å². The molecule has 0 saturated carbocycles. The van der Waals surface area contributed by atoms with Gasteiger partial charge < -0.3 is 28.9 Å². The number of carboxylic acid groups (broad SMARTS) is 1. The number of aryl methyl sites for hydroxylation is 2. The predicted molar refractivity (Wildman–Crippen MR) is 225 cm³/mol. The van der Waals surface area contributed by atoms with Crippen molar-refractivity contribution in [3.05, 3.63) is 139 Å². The minimum atomic E-state index is -4.61. The Balaban J connectivity index is 0.991. The highest BCUT2D eigenvalue weighted by Crippen LogP contribution is 2.52. The molecule has 1 atom stereocenters. The molecule has 64 heavy (non-hydrogen) atoms. The van der Waals surface area contributed by atoms with Crippen LogP contribution in [0.25, 0.3) is 5.57 Å². The number of carbonyl (C=O) groups is 2. The van der Waals surface area contributed by atoms with Crippen molar-refractivity contribution in [2.24, 2.45) is 0 Å². The van der Waals surface area contributed by atoms with Gasteiger partial charge in [-0.3, -0.25) is 9.36 Å². The predicted octanol–water partition coefficient (Wildman–Crippen LogP) is 7.80. The van der Waals surface area contributed by atoms with E-state index in [1.807, 2.05) is 12.1 Å². The van der Waals surface area contributed by atoms with Gasteiger partial charge in [0.2, 0.25) is 40.2 Å². The Bertz CT molecular complexity index is 3020. The number of hydrogen-bond donors (Lipinski definition) is 2. The van der Waals surface area contributed by atoms with Gasteiger partial charge in [-0.25, -0.2) is 22.5 Å². The Labute approximate surface area is 363 Å². The first kappa shape index (κ1) is 42.1. The summed E-state index contributed by atoms with van der Waals surface area (Å²) in [7, 11) is -4.61. The fourth-order valence-corrected chi connectivity index (χ4v) is 11.2. The molecule has 16 heteroatoms. The van der Waals surface area contributed by atoms with Crippen molar-refractivity contribution < 1.29 is 60.1 Å². The zero-order valence-corrected chi connectivity index (χ0v) is 35.3. The van der Waals surface area contributed by atoms with Gasteiger partial charge in [0.25, 0.3) is 0 Å². The third kappa shape index (κ3) is 6.99. The molecule has 0 radical (unpaired) electrons. The highest BCUT2D eigenvalue weighted by atomic mass is 31.2. The number of esters is 1. The Morgan fingerprint density at radius 2 is 1.52 bits per heavy atom. The van der Waals surface area contributed by atoms with Gasteiger partial charge >= 0.3 is 19.5 Å². The number of aromatic carboxylic acids is 1. The van der Waals surface area contributed by atoms with Crippen LogP contribution in [0.15, 0.2) is 54.6 Å². The lowest BCUT2D eigenvalue weighted by atomic mass is 9.81. The maximum Gasteiger partial charge on any atom is 0.358 e. The first-order valence-corrected chi connectivity index (χ1v) is 23.0. The van der Waals surface area contributed by atoms with Crippen molar-refractivity contribution in [2.45, 2.75) is 70.6 Å². The van der Waals surface area contributed by atoms with E-state index in [4.69, 9.17) is 9.26 Å². The van der Waals surface area contributed by atoms with Crippen molar-refractivity contribution >= 4 is 41.8 Å². The van der Waals surface area contributed by atoms with Crippen LogP contribution in [0, 0.1) is 29.1 Å². The molecule has 0 aliphatic carbocycles. The zero-order valence-electron chi connectivity index (χ0n) is 34.4. The molecule has 5 aromatic carbocycles. The number of benzene rings is 5. The van der Waals surface area contributed by atoms with E-state index in [1.165, 1.54) is 23.6 Å². The Kier molecular flexibility index (Phi) is 10.7. The number of ether oxygens (including phenoxy) is 2. The number of rotatable bonds is 11. The molecule has 5 heterocycles. The summed E-state index contributed by atoms with van der Waals surface area (Å²) < 4.78 is 102. The van der Waals surface area contributed by atoms with E-state index < -0.39 is 60.8 Å². The number of unbranched alkanes of at least 4 members (excludes halogenated alkanes) is 2. The first-order valence-electron chi connectivity index (χ1n) is 21.4. The zero-order chi connectivity index (χ0) is 44.6. The summed E-state index contributed by atoms with van der Waals surface area (Å²) in [5.74, 6) is -14.3. The molecule has 5 aliphatic heterocycles. The van der Waals surface area contributed by atoms with E-state index in [1.54, 1.807) is 0 Å². The molecule has 0 fully saturated rings. The summed E-state index contributed by atoms with van der Waals surface area (Å²) in [6.45, 7) is 2.44. The van der Waals surface area contributed by atoms with Gasteiger partial charge in [-0.2, -0.15) is 8.78 Å². The topological polar surface area (TPSA) is 126 Å². The van der Waals surface area contributed by atoms with E-state index in [0.717, 1.165) is 103 Å². The molecule has 0 aromatic heterocycles. The van der Waals surface area contributed by atoms with E-state index in [2.05, 4.69) is 38.5 Å². The Morgan fingerprint density at radius 3 is 2.30 bits per heavy atom. The summed E-state index contributed by atoms with van der Waals surface area (Å²) in [6, 6.07) is 16.6. The van der Waals surface area contributed by atoms with Crippen molar-refractivity contribution in [2.75, 3.05) is 31.1 Å². The number of anilines is 2. The molecule has 0 amide bonds. The van der Waals surface area contributed by atoms with Crippen LogP contribution >= 0.6 is 7.60 Å². The summed E-state index contributed by atoms with van der Waals surface area (Å²) >= 11 is 0. The maximum absolute atomic E-state index is 14.0. The second-order valence-electron chi connectivity index (χ2n) is 16.8. The average Bonchev–Trinajstić information content (AvgIpc) is 3.29. The molecule has 0 bridgehead atoms. The monoisotopic (exact) mass is 899 g/mol. The van der Waals surface area contributed by atoms with Crippen LogP contribution in [0.2, 0.25) is 0 Å². The second-order valence-corrected chi connectivity index (χ2v) is 18.6. The lowest BCUT2D eigenvalue weighted by molar-refractivity contribution is -0.135. The summed E-state index contributed by atoms with van der Waals surface area (Å²) in [6.07, 6.45) is 5.72. The van der Waals surface area contributed by atoms with Crippen LogP contribution < -0.4 is 34.8 Å². The van der Waals surface area contributed by atoms with Gasteiger partial charge in [0.15, 0.2) is 0 Å². The number of hydrogen-bond acceptors (Lipinski definition) is 7. The molecule has 5 aliphatic rings. The van der Waals surface area contributed by atoms with Crippen LogP contribution in [0.3, 0.4) is 0 Å². The standard InChI is InChI=1S/C48H40F5N2O8P/c49-38-39(50)41(52)47(42(53)40(38)51)62-36(56)14-2-1-5-20-61-64(59,60)28-15-16-29(48(57)58)31(24-28)37-32-22-26-10-6-17-54-18-8-12-30(43(26)54)45(32)63-46-33(37)23-27-11-7-19-55-35-13-4-3-9-25(35)21-34(46)44(27)55/h3-4,9,13,15-16,22-24H,1-2,5-8,10-12,14,17-21H2,(H-,57,58,59,60)/p+1. The van der Waals surface area contributed by atoms with E-state index >= 15 is 0 Å². The van der Waals surface area contributed by atoms with Gasteiger partial charge in [-0.15, -0.1) is 0 Å². The molecule has 10 nitrogen and oxygen atoms in total. The average molecular weight is 900 g/mol. The molecule has 0 saturated heterocycles. The highest BCUT2D eigenvalue weighted by molar-refractivity contribution is 7.61. The minimum Gasteiger partial charge on any atom is -0.478 e. The van der Waals surface area contributed by atoms with Gasteiger partial charge in [-0.1, -0.05) is 24.6 Å². The second kappa shape index (κ2) is 16.3. The van der Waals surface area contributed by atoms with E-state index in [0.29, 0.717) is 29.1 Å². The van der Waals surface area contributed by atoms with Gasteiger partial charge in [0.1, 0.15) is 24.6 Å². The van der Waals surface area contributed by atoms with Gasteiger partial charge in [-0.05, 0) is 91.6 Å². The number of carboxylic acids is 1. The molecular weight excluding hydrogens is 858 g/mol. The van der Waals surface area contributed by atoms with Crippen molar-refractivity contribution in [1.82, 2.24) is 4.58 Å². The molecule has 0 spiro atoms. The molecular formula is C48H41F5N2O8P+. The minimum absolute atomic E-state index is 0.0302. The molecule has 330 valence electrons. The third-order valence-electron chi connectivity index (χ3n) is 12.9. The van der Waals surface area contributed by atoms with Crippen LogP contribution in [0.1, 0.15) is 94.2 Å². The Hall–Kier alpha value is -5.89. The normalized spacial score (nSPS) is 16.4. The summed E-state index contributed by atoms with van der Waals surface area (Å²) in [4.78, 5) is 39.2. The molecule has 2 N–H and O–H groups in total. The van der Waals surface area contributed by atoms with Crippen LogP contribution in [0.5, 0.6) is 17.2 Å². The Morgan fingerprint density at radius 1 is 0.781 bits per heavy atom. The lowest BCUT2D eigenvalue weighted by Gasteiger charge is -2.40. The number of para-hydroxylation sites is 1. The highest BCUT2D eigenvalue weighted by Gasteiger charge is 2.38. The maximum atomic E-state index is 14.0. The molecule has 1 unspecified atom stereocenters. The smallest absolute Gasteiger partial charge is 0.358 e. The SMILES string of the molecule is O=C(CCCCCOP(=O)(O)c1ccc(C(=O)O)c(C2=c3cc4c5c(c3Oc3c2cc2c6c3Cc3ccccc3N6CCC2)CCC[N+]=5CCC4)c1)Oc1c(F)c(F)c(F)c(F)c1F. The van der Waals surface area contributed by atoms with Gasteiger partial charge in [0, 0.05) is 65.4 Å². The fraction of sp³-hybridized carbons (Fsp3) is 0.312. The van der Waals surface area contributed by atoms with Gasteiger partial charge in [0.05, 0.1) is 28.7 Å². The summed E-state index contributed by atoms with van der Waals surface area (Å²) in [5.41, 5.74) is 9.27. The van der Waals surface area contributed by atoms with Crippen LogP contribution in [-0.2, 0) is 39.6 Å². The number of nitrogens with zero attached hydrogens (tertiary/aromatic N) is 2. The van der Waals surface area contributed by atoms with Crippen LogP contribution in [0.4, 0.5) is 33.3 Å².